The molecule has 19 heavy (non-hydrogen) atoms. The summed E-state index contributed by atoms with van der Waals surface area (Å²) >= 11 is 5.88. The van der Waals surface area contributed by atoms with E-state index in [4.69, 9.17) is 11.6 Å². The van der Waals surface area contributed by atoms with E-state index in [9.17, 15) is 14.7 Å². The first-order chi connectivity index (χ1) is 9.03. The molecule has 1 aliphatic heterocycles. The Kier molecular flexibility index (Phi) is 2.87. The minimum atomic E-state index is -1.74. The number of benzene rings is 1. The number of hydrogen-bond donors (Lipinski definition) is 2. The van der Waals surface area contributed by atoms with Crippen molar-refractivity contribution >= 4 is 29.0 Å². The zero-order chi connectivity index (χ0) is 13.6. The Morgan fingerprint density at radius 1 is 1.32 bits per heavy atom. The number of rotatable bonds is 1. The number of nitrogens with one attached hydrogen (secondary N) is 1. The van der Waals surface area contributed by atoms with Crippen LogP contribution >= 0.6 is 11.6 Å². The van der Waals surface area contributed by atoms with Gasteiger partial charge in [0, 0.05) is 22.7 Å². The van der Waals surface area contributed by atoms with Crippen LogP contribution in [0.4, 0.5) is 5.69 Å². The molecule has 1 aliphatic carbocycles. The summed E-state index contributed by atoms with van der Waals surface area (Å²) in [5, 5.41) is 13.9. The highest BCUT2D eigenvalue weighted by Gasteiger charge is 2.53. The van der Waals surface area contributed by atoms with Gasteiger partial charge >= 0.3 is 0 Å². The van der Waals surface area contributed by atoms with Crippen molar-refractivity contribution in [3.8, 4) is 0 Å². The molecule has 1 aromatic rings. The van der Waals surface area contributed by atoms with Gasteiger partial charge in [-0.05, 0) is 25.0 Å². The first-order valence-electron chi connectivity index (χ1n) is 6.40. The van der Waals surface area contributed by atoms with Crippen LogP contribution in [-0.4, -0.2) is 16.8 Å². The minimum absolute atomic E-state index is 0.0355. The summed E-state index contributed by atoms with van der Waals surface area (Å²) in [6, 6.07) is 4.84. The predicted octanol–water partition coefficient (Wildman–Crippen LogP) is 2.24. The summed E-state index contributed by atoms with van der Waals surface area (Å²) in [6.07, 6.45) is 2.67. The number of aliphatic hydroxyl groups is 1. The number of halogens is 1. The monoisotopic (exact) mass is 279 g/mol. The summed E-state index contributed by atoms with van der Waals surface area (Å²) in [4.78, 5) is 24.2. The maximum atomic E-state index is 12.2. The van der Waals surface area contributed by atoms with Gasteiger partial charge < -0.3 is 10.4 Å². The molecule has 1 aromatic carbocycles. The molecular formula is C14H14ClNO3. The number of fused-ring (bicyclic) bond motifs is 1. The summed E-state index contributed by atoms with van der Waals surface area (Å²) in [7, 11) is 0. The van der Waals surface area contributed by atoms with Crippen molar-refractivity contribution in [1.82, 2.24) is 0 Å². The Morgan fingerprint density at radius 3 is 2.84 bits per heavy atom. The van der Waals surface area contributed by atoms with Crippen LogP contribution in [0.15, 0.2) is 18.2 Å². The average molecular weight is 280 g/mol. The van der Waals surface area contributed by atoms with Gasteiger partial charge in [-0.15, -0.1) is 0 Å². The van der Waals surface area contributed by atoms with Crippen molar-refractivity contribution < 1.29 is 14.7 Å². The number of Topliss-reactive ketones (excluding diaryl/α,β-unsaturated/α-hetero) is 1. The standard InChI is InChI=1S/C14H14ClNO3/c15-8-5-6-9-11(7-8)16-13(18)14(9,19)10-3-1-2-4-12(10)17/h5-7,10,19H,1-4H2,(H,16,18)/t10?,14-/m1/s1. The summed E-state index contributed by atoms with van der Waals surface area (Å²) in [5.74, 6) is -1.21. The molecule has 0 spiro atoms. The molecule has 0 bridgehead atoms. The third-order valence-electron chi connectivity index (χ3n) is 4.05. The molecular weight excluding hydrogens is 266 g/mol. The SMILES string of the molecule is O=C1CCCCC1[C@@]1(O)C(=O)Nc2cc(Cl)ccc21. The van der Waals surface area contributed by atoms with Gasteiger partial charge in [0.25, 0.3) is 5.91 Å². The zero-order valence-corrected chi connectivity index (χ0v) is 11.0. The van der Waals surface area contributed by atoms with Crippen molar-refractivity contribution in [2.24, 2.45) is 5.92 Å². The van der Waals surface area contributed by atoms with E-state index in [2.05, 4.69) is 5.32 Å². The number of carbonyl (C=O) groups excluding carboxylic acids is 2. The van der Waals surface area contributed by atoms with E-state index >= 15 is 0 Å². The lowest BCUT2D eigenvalue weighted by atomic mass is 9.73. The van der Waals surface area contributed by atoms with Crippen LogP contribution in [0.5, 0.6) is 0 Å². The first kappa shape index (κ1) is 12.6. The highest BCUT2D eigenvalue weighted by molar-refractivity contribution is 6.31. The second-order valence-corrected chi connectivity index (χ2v) is 5.61. The molecule has 3 rings (SSSR count). The first-order valence-corrected chi connectivity index (χ1v) is 6.78. The molecule has 0 saturated heterocycles. The molecule has 2 aliphatic rings. The highest BCUT2D eigenvalue weighted by Crippen LogP contribution is 2.45. The quantitative estimate of drug-likeness (QED) is 0.828. The van der Waals surface area contributed by atoms with Crippen LogP contribution in [0.1, 0.15) is 31.2 Å². The van der Waals surface area contributed by atoms with Gasteiger partial charge in [0.1, 0.15) is 5.78 Å². The van der Waals surface area contributed by atoms with E-state index < -0.39 is 17.4 Å². The van der Waals surface area contributed by atoms with E-state index in [1.165, 1.54) is 0 Å². The molecule has 100 valence electrons. The third kappa shape index (κ3) is 1.78. The van der Waals surface area contributed by atoms with E-state index in [0.29, 0.717) is 29.1 Å². The van der Waals surface area contributed by atoms with Gasteiger partial charge in [0.2, 0.25) is 0 Å². The summed E-state index contributed by atoms with van der Waals surface area (Å²) in [6.45, 7) is 0. The van der Waals surface area contributed by atoms with Gasteiger partial charge in [-0.25, -0.2) is 0 Å². The molecule has 0 aromatic heterocycles. The lowest BCUT2D eigenvalue weighted by Crippen LogP contribution is -2.46. The number of amides is 1. The van der Waals surface area contributed by atoms with Crippen LogP contribution in [0.2, 0.25) is 5.02 Å². The number of ketones is 1. The van der Waals surface area contributed by atoms with Crippen molar-refractivity contribution in [1.29, 1.82) is 0 Å². The second-order valence-electron chi connectivity index (χ2n) is 5.18. The largest absolute Gasteiger partial charge is 0.375 e. The Hall–Kier alpha value is -1.39. The van der Waals surface area contributed by atoms with Crippen LogP contribution in [0, 0.1) is 5.92 Å². The fourth-order valence-corrected chi connectivity index (χ4v) is 3.23. The van der Waals surface area contributed by atoms with Gasteiger partial charge in [-0.3, -0.25) is 9.59 Å². The van der Waals surface area contributed by atoms with E-state index in [0.717, 1.165) is 12.8 Å². The van der Waals surface area contributed by atoms with E-state index in [1.54, 1.807) is 18.2 Å². The maximum absolute atomic E-state index is 12.2. The average Bonchev–Trinajstić information content (AvgIpc) is 2.62. The fourth-order valence-electron chi connectivity index (χ4n) is 3.06. The van der Waals surface area contributed by atoms with E-state index in [1.807, 2.05) is 0 Å². The Balaban J connectivity index is 2.09. The second kappa shape index (κ2) is 4.32. The van der Waals surface area contributed by atoms with Crippen molar-refractivity contribution in [3.05, 3.63) is 28.8 Å². The zero-order valence-electron chi connectivity index (χ0n) is 10.3. The highest BCUT2D eigenvalue weighted by atomic mass is 35.5. The number of anilines is 1. The molecule has 4 nitrogen and oxygen atoms in total. The fraction of sp³-hybridized carbons (Fsp3) is 0.429. The van der Waals surface area contributed by atoms with Crippen LogP contribution in [-0.2, 0) is 15.2 Å². The lowest BCUT2D eigenvalue weighted by Gasteiger charge is -2.32. The number of hydrogen-bond acceptors (Lipinski definition) is 3. The smallest absolute Gasteiger partial charge is 0.261 e. The van der Waals surface area contributed by atoms with Crippen LogP contribution < -0.4 is 5.32 Å². The van der Waals surface area contributed by atoms with Crippen LogP contribution in [0.3, 0.4) is 0 Å². The minimum Gasteiger partial charge on any atom is -0.375 e. The van der Waals surface area contributed by atoms with Gasteiger partial charge in [-0.1, -0.05) is 24.1 Å². The molecule has 1 unspecified atom stereocenters. The van der Waals surface area contributed by atoms with Crippen LogP contribution in [0.25, 0.3) is 0 Å². The molecule has 0 radical (unpaired) electrons. The lowest BCUT2D eigenvalue weighted by molar-refractivity contribution is -0.150. The topological polar surface area (TPSA) is 66.4 Å². The molecule has 1 fully saturated rings. The number of carbonyl (C=O) groups is 2. The summed E-state index contributed by atoms with van der Waals surface area (Å²) in [5.41, 5.74) is -0.780. The maximum Gasteiger partial charge on any atom is 0.261 e. The molecule has 1 saturated carbocycles. The molecule has 2 atom stereocenters. The van der Waals surface area contributed by atoms with Crippen molar-refractivity contribution in [3.63, 3.8) is 0 Å². The Labute approximate surface area is 115 Å². The molecule has 5 heteroatoms. The predicted molar refractivity (Wildman–Crippen MR) is 70.9 cm³/mol. The molecule has 2 N–H and O–H groups in total. The van der Waals surface area contributed by atoms with Gasteiger partial charge in [0.05, 0.1) is 5.92 Å². The van der Waals surface area contributed by atoms with Gasteiger partial charge in [-0.2, -0.15) is 0 Å². The molecule has 1 heterocycles. The Bertz CT molecular complexity index is 572. The third-order valence-corrected chi connectivity index (χ3v) is 4.28. The van der Waals surface area contributed by atoms with Crippen molar-refractivity contribution in [2.45, 2.75) is 31.3 Å². The van der Waals surface area contributed by atoms with E-state index in [-0.39, 0.29) is 5.78 Å². The van der Waals surface area contributed by atoms with Crippen molar-refractivity contribution in [2.75, 3.05) is 5.32 Å². The Morgan fingerprint density at radius 2 is 2.11 bits per heavy atom. The normalized spacial score (nSPS) is 30.1. The van der Waals surface area contributed by atoms with Gasteiger partial charge in [0.15, 0.2) is 5.60 Å². The summed E-state index contributed by atoms with van der Waals surface area (Å²) < 4.78 is 0. The molecule has 1 amide bonds.